The third-order valence-electron chi connectivity index (χ3n) is 3.80. The number of guanidine groups is 2. The fraction of sp³-hybridized carbons (Fsp3) is 0.727. The van der Waals surface area contributed by atoms with Crippen molar-refractivity contribution >= 4 is 17.9 Å². The summed E-state index contributed by atoms with van der Waals surface area (Å²) in [5.41, 5.74) is 13.9. The molecule has 0 saturated heterocycles. The van der Waals surface area contributed by atoms with Crippen molar-refractivity contribution in [3.63, 3.8) is 0 Å². The van der Waals surface area contributed by atoms with Crippen LogP contribution in [0.4, 0.5) is 0 Å². The van der Waals surface area contributed by atoms with E-state index in [2.05, 4.69) is 4.99 Å². The van der Waals surface area contributed by atoms with Gasteiger partial charge in [-0.2, -0.15) is 0 Å². The summed E-state index contributed by atoms with van der Waals surface area (Å²) < 4.78 is 0. The Hall–Kier alpha value is -1.99. The van der Waals surface area contributed by atoms with Gasteiger partial charge in [0.2, 0.25) is 0 Å². The lowest BCUT2D eigenvalue weighted by molar-refractivity contribution is -0.154. The molecule has 0 amide bonds. The second kappa shape index (κ2) is 5.77. The van der Waals surface area contributed by atoms with Gasteiger partial charge < -0.3 is 27.2 Å². The Balaban J connectivity index is 5.32. The van der Waals surface area contributed by atoms with Gasteiger partial charge in [-0.1, -0.05) is 13.8 Å². The zero-order chi connectivity index (χ0) is 15.4. The standard InChI is InChI=1S/C11H24N6O2/c1-10(2,5-6-16-8(12)13)11(3,7(18)19)17(4)9(14)15/h5-6H2,1-4H3,(H3,14,15)(H,18,19)(H4,12,13,16)/t11-/m1/s1. The number of aliphatic imine (C=N–C) groups is 1. The quantitative estimate of drug-likeness (QED) is 0.319. The van der Waals surface area contributed by atoms with Crippen LogP contribution in [0.5, 0.6) is 0 Å². The van der Waals surface area contributed by atoms with Crippen molar-refractivity contribution in [3.05, 3.63) is 0 Å². The molecular weight excluding hydrogens is 248 g/mol. The Morgan fingerprint density at radius 3 is 2.11 bits per heavy atom. The third kappa shape index (κ3) is 3.49. The number of rotatable bonds is 6. The summed E-state index contributed by atoms with van der Waals surface area (Å²) in [6.07, 6.45) is 0.436. The summed E-state index contributed by atoms with van der Waals surface area (Å²) in [4.78, 5) is 16.7. The average Bonchev–Trinajstić information content (AvgIpc) is 2.25. The van der Waals surface area contributed by atoms with Crippen LogP contribution in [-0.4, -0.2) is 47.0 Å². The highest BCUT2D eigenvalue weighted by atomic mass is 16.4. The number of nitrogens with zero attached hydrogens (tertiary/aromatic N) is 2. The Bertz CT molecular complexity index is 389. The first-order valence-electron chi connectivity index (χ1n) is 5.83. The van der Waals surface area contributed by atoms with E-state index in [0.717, 1.165) is 0 Å². The minimum Gasteiger partial charge on any atom is -0.479 e. The van der Waals surface area contributed by atoms with Gasteiger partial charge >= 0.3 is 5.97 Å². The van der Waals surface area contributed by atoms with Gasteiger partial charge in [0.15, 0.2) is 11.9 Å². The molecular formula is C11H24N6O2. The maximum Gasteiger partial charge on any atom is 0.329 e. The van der Waals surface area contributed by atoms with Crippen molar-refractivity contribution in [3.8, 4) is 0 Å². The van der Waals surface area contributed by atoms with Crippen LogP contribution >= 0.6 is 0 Å². The van der Waals surface area contributed by atoms with Crippen LogP contribution < -0.4 is 17.2 Å². The van der Waals surface area contributed by atoms with E-state index in [1.54, 1.807) is 13.8 Å². The number of hydrogen-bond acceptors (Lipinski definition) is 3. The van der Waals surface area contributed by atoms with Gasteiger partial charge in [-0.3, -0.25) is 10.4 Å². The third-order valence-corrected chi connectivity index (χ3v) is 3.80. The predicted molar refractivity (Wildman–Crippen MR) is 74.8 cm³/mol. The molecule has 0 fully saturated rings. The highest BCUT2D eigenvalue weighted by Gasteiger charge is 2.51. The molecule has 0 aliphatic heterocycles. The topological polar surface area (TPSA) is 155 Å². The Labute approximate surface area is 113 Å². The van der Waals surface area contributed by atoms with E-state index in [4.69, 9.17) is 22.6 Å². The van der Waals surface area contributed by atoms with Crippen LogP contribution in [0.1, 0.15) is 27.2 Å². The lowest BCUT2D eigenvalue weighted by atomic mass is 9.70. The number of likely N-dealkylation sites (N-methyl/N-ethyl adjacent to an activating group) is 1. The van der Waals surface area contributed by atoms with Crippen LogP contribution in [0.2, 0.25) is 0 Å². The number of hydrogen-bond donors (Lipinski definition) is 5. The zero-order valence-corrected chi connectivity index (χ0v) is 11.9. The first-order chi connectivity index (χ1) is 8.46. The lowest BCUT2D eigenvalue weighted by Gasteiger charge is -2.46. The normalized spacial score (nSPS) is 14.3. The van der Waals surface area contributed by atoms with E-state index in [1.807, 2.05) is 0 Å². The molecule has 0 unspecified atom stereocenters. The van der Waals surface area contributed by atoms with E-state index in [-0.39, 0.29) is 11.9 Å². The van der Waals surface area contributed by atoms with Crippen molar-refractivity contribution in [1.82, 2.24) is 4.90 Å². The number of carbonyl (C=O) groups is 1. The maximum atomic E-state index is 11.6. The van der Waals surface area contributed by atoms with Crippen molar-refractivity contribution in [2.24, 2.45) is 27.6 Å². The molecule has 0 spiro atoms. The SMILES string of the molecule is CN(C(=N)N)[C@](C)(C(=O)O)C(C)(C)CCN=C(N)N. The second-order valence-electron chi connectivity index (χ2n) is 5.26. The molecule has 0 aliphatic rings. The smallest absolute Gasteiger partial charge is 0.329 e. The van der Waals surface area contributed by atoms with Gasteiger partial charge in [-0.25, -0.2) is 4.79 Å². The van der Waals surface area contributed by atoms with Crippen molar-refractivity contribution in [2.75, 3.05) is 13.6 Å². The highest BCUT2D eigenvalue weighted by molar-refractivity contribution is 5.86. The average molecular weight is 272 g/mol. The van der Waals surface area contributed by atoms with E-state index >= 15 is 0 Å². The zero-order valence-electron chi connectivity index (χ0n) is 11.9. The molecule has 8 N–H and O–H groups in total. The fourth-order valence-corrected chi connectivity index (χ4v) is 1.84. The highest BCUT2D eigenvalue weighted by Crippen LogP contribution is 2.38. The summed E-state index contributed by atoms with van der Waals surface area (Å²) in [6, 6.07) is 0. The monoisotopic (exact) mass is 272 g/mol. The number of nitrogens with one attached hydrogen (secondary N) is 1. The second-order valence-corrected chi connectivity index (χ2v) is 5.26. The molecule has 1 atom stereocenters. The van der Waals surface area contributed by atoms with E-state index in [1.165, 1.54) is 18.9 Å². The van der Waals surface area contributed by atoms with Gasteiger partial charge in [0.25, 0.3) is 0 Å². The molecule has 0 rings (SSSR count). The number of carboxylic acid groups (broad SMARTS) is 1. The first-order valence-corrected chi connectivity index (χ1v) is 5.83. The summed E-state index contributed by atoms with van der Waals surface area (Å²) in [7, 11) is 1.48. The van der Waals surface area contributed by atoms with Gasteiger partial charge in [0, 0.05) is 19.0 Å². The van der Waals surface area contributed by atoms with Crippen LogP contribution in [0.15, 0.2) is 4.99 Å². The van der Waals surface area contributed by atoms with Crippen molar-refractivity contribution in [2.45, 2.75) is 32.7 Å². The summed E-state index contributed by atoms with van der Waals surface area (Å²) in [5, 5.41) is 17.0. The van der Waals surface area contributed by atoms with Crippen LogP contribution in [-0.2, 0) is 4.79 Å². The molecule has 0 bridgehead atoms. The summed E-state index contributed by atoms with van der Waals surface area (Å²) in [5.74, 6) is -1.40. The van der Waals surface area contributed by atoms with Crippen LogP contribution in [0, 0.1) is 10.8 Å². The Morgan fingerprint density at radius 2 is 1.79 bits per heavy atom. The lowest BCUT2D eigenvalue weighted by Crippen LogP contribution is -2.63. The molecule has 0 heterocycles. The van der Waals surface area contributed by atoms with Crippen molar-refractivity contribution < 1.29 is 9.90 Å². The summed E-state index contributed by atoms with van der Waals surface area (Å²) >= 11 is 0. The number of carboxylic acids is 1. The van der Waals surface area contributed by atoms with Gasteiger partial charge in [0.05, 0.1) is 0 Å². The number of nitrogens with two attached hydrogens (primary N) is 3. The number of aliphatic carboxylic acids is 1. The van der Waals surface area contributed by atoms with Gasteiger partial charge in [-0.05, 0) is 13.3 Å². The van der Waals surface area contributed by atoms with E-state index in [0.29, 0.717) is 13.0 Å². The van der Waals surface area contributed by atoms with Gasteiger partial charge in [0.1, 0.15) is 5.54 Å². The molecule has 0 radical (unpaired) electrons. The molecule has 8 heteroatoms. The Kier molecular flexibility index (Phi) is 5.16. The molecule has 8 nitrogen and oxygen atoms in total. The van der Waals surface area contributed by atoms with Crippen molar-refractivity contribution in [1.29, 1.82) is 5.41 Å². The Morgan fingerprint density at radius 1 is 1.32 bits per heavy atom. The fourth-order valence-electron chi connectivity index (χ4n) is 1.84. The minimum absolute atomic E-state index is 0.0345. The maximum absolute atomic E-state index is 11.6. The van der Waals surface area contributed by atoms with E-state index in [9.17, 15) is 9.90 Å². The molecule has 19 heavy (non-hydrogen) atoms. The van der Waals surface area contributed by atoms with Crippen LogP contribution in [0.3, 0.4) is 0 Å². The van der Waals surface area contributed by atoms with Crippen LogP contribution in [0.25, 0.3) is 0 Å². The molecule has 0 aromatic rings. The molecule has 110 valence electrons. The largest absolute Gasteiger partial charge is 0.479 e. The molecule has 0 aliphatic carbocycles. The van der Waals surface area contributed by atoms with E-state index < -0.39 is 16.9 Å². The first kappa shape index (κ1) is 17.0. The molecule has 0 aromatic heterocycles. The van der Waals surface area contributed by atoms with Gasteiger partial charge in [-0.15, -0.1) is 0 Å². The predicted octanol–water partition coefficient (Wildman–Crippen LogP) is -0.655. The molecule has 0 aromatic carbocycles. The minimum atomic E-state index is -1.34. The molecule has 0 saturated carbocycles. The summed E-state index contributed by atoms with van der Waals surface area (Å²) in [6.45, 7) is 5.40.